The molecule has 0 aromatic heterocycles. The number of ether oxygens (including phenoxy) is 5. The van der Waals surface area contributed by atoms with Gasteiger partial charge in [-0.1, -0.05) is 60.7 Å². The number of phosphoric ester groups is 1. The quantitative estimate of drug-likeness (QED) is 0.184. The van der Waals surface area contributed by atoms with E-state index >= 15 is 0 Å². The lowest BCUT2D eigenvalue weighted by Crippen LogP contribution is -2.62. The van der Waals surface area contributed by atoms with Gasteiger partial charge < -0.3 is 23.7 Å². The molecule has 228 valence electrons. The van der Waals surface area contributed by atoms with Crippen molar-refractivity contribution >= 4 is 31.7 Å². The van der Waals surface area contributed by atoms with Crippen molar-refractivity contribution in [3.05, 3.63) is 71.8 Å². The smallest absolute Gasteiger partial charge is 0.463 e. The van der Waals surface area contributed by atoms with Gasteiger partial charge in [-0.2, -0.15) is 0 Å². The summed E-state index contributed by atoms with van der Waals surface area (Å²) in [5, 5.41) is 0. The van der Waals surface area contributed by atoms with Crippen molar-refractivity contribution in [3.63, 3.8) is 0 Å². The Bertz CT molecular complexity index is 1210. The molecule has 0 spiro atoms. The van der Waals surface area contributed by atoms with Crippen LogP contribution in [0.5, 0.6) is 0 Å². The van der Waals surface area contributed by atoms with Gasteiger partial charge in [-0.05, 0) is 11.1 Å². The molecule has 5 atom stereocenters. The molecule has 42 heavy (non-hydrogen) atoms. The summed E-state index contributed by atoms with van der Waals surface area (Å²) >= 11 is 0. The van der Waals surface area contributed by atoms with Crippen LogP contribution in [0.3, 0.4) is 0 Å². The number of carbonyl (C=O) groups excluding carboxylic acids is 4. The molecule has 0 aliphatic carbocycles. The number of esters is 4. The molecular weight excluding hydrogens is 575 g/mol. The lowest BCUT2D eigenvalue weighted by Gasteiger charge is -2.44. The molecule has 0 radical (unpaired) electrons. The molecule has 3 rings (SSSR count). The fraction of sp³-hybridized carbons (Fsp3) is 0.429. The lowest BCUT2D eigenvalue weighted by atomic mass is 9.98. The topological polar surface area (TPSA) is 159 Å². The highest BCUT2D eigenvalue weighted by molar-refractivity contribution is 7.48. The van der Waals surface area contributed by atoms with Crippen molar-refractivity contribution < 1.29 is 61.0 Å². The first kappa shape index (κ1) is 32.9. The van der Waals surface area contributed by atoms with Crippen LogP contribution in [0.15, 0.2) is 60.7 Å². The molecular formula is C28H33O13P. The third kappa shape index (κ3) is 10.3. The third-order valence-electron chi connectivity index (χ3n) is 5.65. The van der Waals surface area contributed by atoms with Crippen molar-refractivity contribution in [1.82, 2.24) is 0 Å². The Morgan fingerprint density at radius 1 is 0.667 bits per heavy atom. The summed E-state index contributed by atoms with van der Waals surface area (Å²) in [7, 11) is -4.54. The highest BCUT2D eigenvalue weighted by Crippen LogP contribution is 2.53. The third-order valence-corrected chi connectivity index (χ3v) is 7.00. The molecule has 1 aliphatic heterocycles. The Labute approximate surface area is 242 Å². The maximum Gasteiger partial charge on any atom is 0.477 e. The van der Waals surface area contributed by atoms with Crippen LogP contribution in [-0.2, 0) is 74.2 Å². The highest BCUT2D eigenvalue weighted by Gasteiger charge is 2.55. The summed E-state index contributed by atoms with van der Waals surface area (Å²) in [6.45, 7) is 3.52. The Hall–Kier alpha value is -3.61. The predicted molar refractivity (Wildman–Crippen MR) is 143 cm³/mol. The molecule has 2 aromatic rings. The minimum atomic E-state index is -4.54. The predicted octanol–water partition coefficient (Wildman–Crippen LogP) is 3.63. The van der Waals surface area contributed by atoms with Gasteiger partial charge >= 0.3 is 31.7 Å². The number of hydrogen-bond acceptors (Lipinski definition) is 13. The molecule has 14 heteroatoms. The van der Waals surface area contributed by atoms with E-state index in [9.17, 15) is 23.7 Å². The number of benzene rings is 2. The zero-order valence-electron chi connectivity index (χ0n) is 23.5. The summed E-state index contributed by atoms with van der Waals surface area (Å²) in [5.74, 6) is -3.16. The fourth-order valence-electron chi connectivity index (χ4n) is 3.95. The van der Waals surface area contributed by atoms with Gasteiger partial charge in [0.2, 0.25) is 6.29 Å². The van der Waals surface area contributed by atoms with Crippen LogP contribution in [-0.4, -0.2) is 61.2 Å². The summed E-state index contributed by atoms with van der Waals surface area (Å²) < 4.78 is 58.2. The second-order valence-electron chi connectivity index (χ2n) is 9.14. The van der Waals surface area contributed by atoms with Crippen molar-refractivity contribution in [1.29, 1.82) is 0 Å². The average molecular weight is 609 g/mol. The Balaban J connectivity index is 1.98. The summed E-state index contributed by atoms with van der Waals surface area (Å²) in [5.41, 5.74) is 1.29. The summed E-state index contributed by atoms with van der Waals surface area (Å²) in [4.78, 5) is 47.7. The molecule has 1 fully saturated rings. The highest BCUT2D eigenvalue weighted by atomic mass is 31.2. The molecule has 1 saturated heterocycles. The molecule has 1 heterocycles. The molecule has 13 nitrogen and oxygen atoms in total. The Morgan fingerprint density at radius 2 is 1.12 bits per heavy atom. The minimum absolute atomic E-state index is 0.196. The number of hydrogen-bond donors (Lipinski definition) is 0. The van der Waals surface area contributed by atoms with E-state index < -0.39 is 69.0 Å². The van der Waals surface area contributed by atoms with E-state index in [4.69, 9.17) is 37.3 Å². The van der Waals surface area contributed by atoms with Gasteiger partial charge in [-0.3, -0.25) is 32.7 Å². The van der Waals surface area contributed by atoms with Crippen LogP contribution in [0.2, 0.25) is 0 Å². The number of carbonyl (C=O) groups is 4. The summed E-state index contributed by atoms with van der Waals surface area (Å²) in [6.07, 6.45) is -7.62. The first-order valence-corrected chi connectivity index (χ1v) is 14.4. The van der Waals surface area contributed by atoms with E-state index in [0.29, 0.717) is 11.1 Å². The van der Waals surface area contributed by atoms with Crippen molar-refractivity contribution in [2.75, 3.05) is 6.61 Å². The molecule has 0 amide bonds. The lowest BCUT2D eigenvalue weighted by molar-refractivity contribution is -0.292. The molecule has 0 unspecified atom stereocenters. The molecule has 0 bridgehead atoms. The summed E-state index contributed by atoms with van der Waals surface area (Å²) in [6, 6.07) is 17.6. The van der Waals surface area contributed by atoms with Crippen LogP contribution >= 0.6 is 7.82 Å². The Morgan fingerprint density at radius 3 is 1.57 bits per heavy atom. The van der Waals surface area contributed by atoms with Crippen LogP contribution in [0.1, 0.15) is 38.8 Å². The maximum atomic E-state index is 14.1. The largest absolute Gasteiger partial charge is 0.477 e. The molecule has 2 aromatic carbocycles. The van der Waals surface area contributed by atoms with Gasteiger partial charge in [-0.15, -0.1) is 0 Å². The van der Waals surface area contributed by atoms with E-state index in [0.717, 1.165) is 27.7 Å². The van der Waals surface area contributed by atoms with E-state index in [1.165, 1.54) is 0 Å². The standard InChI is InChI=1S/C28H33O13P/c1-18(29)34-17-24-25(37-19(2)30)26(38-20(3)31)27(39-21(4)32)28(40-24)41-42(33,35-15-22-11-7-5-8-12-22)36-16-23-13-9-6-10-14-23/h5-14,24-28H,15-17H2,1-4H3/t24-,25-,26+,27+,28-/m1/s1. The normalized spacial score (nSPS) is 22.0. The second kappa shape index (κ2) is 15.6. The maximum absolute atomic E-state index is 14.1. The molecule has 0 N–H and O–H groups in total. The van der Waals surface area contributed by atoms with Gasteiger partial charge in [0, 0.05) is 27.7 Å². The second-order valence-corrected chi connectivity index (χ2v) is 10.8. The van der Waals surface area contributed by atoms with Gasteiger partial charge in [0.1, 0.15) is 12.7 Å². The SMILES string of the molecule is CC(=O)OC[C@H]1O[C@H](OP(=O)(OCc2ccccc2)OCc2ccccc2)[C@@H](OC(C)=O)[C@@H](OC(C)=O)[C@@H]1OC(C)=O. The van der Waals surface area contributed by atoms with Crippen LogP contribution < -0.4 is 0 Å². The fourth-order valence-corrected chi connectivity index (χ4v) is 5.19. The van der Waals surface area contributed by atoms with Crippen molar-refractivity contribution in [2.45, 2.75) is 71.6 Å². The minimum Gasteiger partial charge on any atom is -0.463 e. The van der Waals surface area contributed by atoms with Gasteiger partial charge in [-0.25, -0.2) is 4.57 Å². The zero-order valence-corrected chi connectivity index (χ0v) is 24.4. The molecule has 0 saturated carbocycles. The Kier molecular flexibility index (Phi) is 12.2. The van der Waals surface area contributed by atoms with Crippen LogP contribution in [0.4, 0.5) is 0 Å². The van der Waals surface area contributed by atoms with Crippen molar-refractivity contribution in [2.24, 2.45) is 0 Å². The number of phosphoric acid groups is 1. The van der Waals surface area contributed by atoms with Gasteiger partial charge in [0.05, 0.1) is 13.2 Å². The van der Waals surface area contributed by atoms with E-state index in [2.05, 4.69) is 0 Å². The average Bonchev–Trinajstić information content (AvgIpc) is 2.93. The first-order chi connectivity index (χ1) is 20.0. The van der Waals surface area contributed by atoms with E-state index in [-0.39, 0.29) is 13.2 Å². The number of rotatable bonds is 13. The van der Waals surface area contributed by atoms with E-state index in [1.807, 2.05) is 0 Å². The molecule has 1 aliphatic rings. The van der Waals surface area contributed by atoms with Crippen molar-refractivity contribution in [3.8, 4) is 0 Å². The van der Waals surface area contributed by atoms with Crippen LogP contribution in [0, 0.1) is 0 Å². The first-order valence-electron chi connectivity index (χ1n) is 12.9. The van der Waals surface area contributed by atoms with Gasteiger partial charge in [0.25, 0.3) is 0 Å². The van der Waals surface area contributed by atoms with E-state index in [1.54, 1.807) is 60.7 Å². The monoisotopic (exact) mass is 608 g/mol. The van der Waals surface area contributed by atoms with Crippen LogP contribution in [0.25, 0.3) is 0 Å². The zero-order chi connectivity index (χ0) is 30.7. The van der Waals surface area contributed by atoms with Gasteiger partial charge in [0.15, 0.2) is 18.3 Å².